The topological polar surface area (TPSA) is 61.4 Å². The minimum absolute atomic E-state index is 0.182. The molecule has 0 unspecified atom stereocenters. The van der Waals surface area contributed by atoms with Crippen molar-refractivity contribution in [2.75, 3.05) is 39.0 Å². The minimum Gasteiger partial charge on any atom is -0.373 e. The Morgan fingerprint density at radius 1 is 1.03 bits per heavy atom. The molecular weight excluding hydrogens is 362 g/mol. The zero-order valence-electron chi connectivity index (χ0n) is 18.4. The molecule has 3 aliphatic rings. The molecule has 3 heterocycles. The summed E-state index contributed by atoms with van der Waals surface area (Å²) in [5.74, 6) is 2.85. The summed E-state index contributed by atoms with van der Waals surface area (Å²) < 4.78 is 0. The van der Waals surface area contributed by atoms with Crippen LogP contribution in [0.5, 0.6) is 0 Å². The second-order valence-corrected chi connectivity index (χ2v) is 9.19. The molecule has 1 saturated heterocycles. The lowest BCUT2D eigenvalue weighted by Gasteiger charge is -2.35. The first-order valence-electron chi connectivity index (χ1n) is 11.2. The van der Waals surface area contributed by atoms with Gasteiger partial charge in [-0.1, -0.05) is 11.1 Å². The van der Waals surface area contributed by atoms with Gasteiger partial charge in [0.1, 0.15) is 11.6 Å². The SMILES string of the molecule is CNc1nc(C2CCN(C(=O)[C@H]3CCC(C)=C(C)C3)CC2)nc2c1CCN(C)C2. The van der Waals surface area contributed by atoms with E-state index in [0.29, 0.717) is 11.8 Å². The normalized spacial score (nSPS) is 23.9. The van der Waals surface area contributed by atoms with E-state index in [9.17, 15) is 4.79 Å². The number of likely N-dealkylation sites (N-methyl/N-ethyl adjacent to an activating group) is 1. The van der Waals surface area contributed by atoms with Gasteiger partial charge in [0, 0.05) is 50.6 Å². The Labute approximate surface area is 174 Å². The molecule has 1 N–H and O–H groups in total. The summed E-state index contributed by atoms with van der Waals surface area (Å²) in [6.07, 6.45) is 5.95. The van der Waals surface area contributed by atoms with Crippen molar-refractivity contribution in [1.82, 2.24) is 19.8 Å². The molecule has 1 aromatic rings. The van der Waals surface area contributed by atoms with Crippen LogP contribution in [0.15, 0.2) is 11.1 Å². The molecule has 0 aromatic carbocycles. The number of nitrogens with one attached hydrogen (secondary N) is 1. The number of piperidine rings is 1. The first-order valence-corrected chi connectivity index (χ1v) is 11.2. The van der Waals surface area contributed by atoms with Crippen LogP contribution in [0.3, 0.4) is 0 Å². The maximum atomic E-state index is 13.0. The van der Waals surface area contributed by atoms with Crippen LogP contribution in [0.1, 0.15) is 69.0 Å². The number of likely N-dealkylation sites (tertiary alicyclic amines) is 1. The molecule has 29 heavy (non-hydrogen) atoms. The van der Waals surface area contributed by atoms with Crippen molar-refractivity contribution in [2.45, 2.75) is 64.8 Å². The molecule has 1 fully saturated rings. The number of fused-ring (bicyclic) bond motifs is 1. The van der Waals surface area contributed by atoms with Gasteiger partial charge < -0.3 is 15.1 Å². The second-order valence-electron chi connectivity index (χ2n) is 9.19. The van der Waals surface area contributed by atoms with Crippen LogP contribution in [0.4, 0.5) is 5.82 Å². The van der Waals surface area contributed by atoms with Crippen LogP contribution >= 0.6 is 0 Å². The molecule has 2 aliphatic heterocycles. The summed E-state index contributed by atoms with van der Waals surface area (Å²) >= 11 is 0. The molecule has 4 rings (SSSR count). The first-order chi connectivity index (χ1) is 14.0. The molecule has 1 atom stereocenters. The average molecular weight is 398 g/mol. The van der Waals surface area contributed by atoms with Gasteiger partial charge in [-0.15, -0.1) is 0 Å². The van der Waals surface area contributed by atoms with E-state index >= 15 is 0 Å². The lowest BCUT2D eigenvalue weighted by molar-refractivity contribution is -0.137. The Morgan fingerprint density at radius 2 is 1.79 bits per heavy atom. The maximum absolute atomic E-state index is 13.0. The van der Waals surface area contributed by atoms with Crippen molar-refractivity contribution < 1.29 is 4.79 Å². The van der Waals surface area contributed by atoms with Crippen LogP contribution in [0.25, 0.3) is 0 Å². The van der Waals surface area contributed by atoms with Gasteiger partial charge in [0.25, 0.3) is 0 Å². The molecule has 1 aliphatic carbocycles. The maximum Gasteiger partial charge on any atom is 0.226 e. The third-order valence-electron chi connectivity index (χ3n) is 7.18. The van der Waals surface area contributed by atoms with Crippen molar-refractivity contribution in [3.05, 3.63) is 28.2 Å². The molecule has 1 amide bonds. The Morgan fingerprint density at radius 3 is 2.48 bits per heavy atom. The fourth-order valence-electron chi connectivity index (χ4n) is 5.05. The van der Waals surface area contributed by atoms with E-state index in [1.165, 1.54) is 22.4 Å². The third-order valence-corrected chi connectivity index (χ3v) is 7.18. The molecular formula is C23H35N5O. The van der Waals surface area contributed by atoms with Crippen molar-refractivity contribution >= 4 is 11.7 Å². The highest BCUT2D eigenvalue weighted by Gasteiger charge is 2.32. The summed E-state index contributed by atoms with van der Waals surface area (Å²) in [4.78, 5) is 27.3. The van der Waals surface area contributed by atoms with E-state index < -0.39 is 0 Å². The zero-order valence-corrected chi connectivity index (χ0v) is 18.4. The van der Waals surface area contributed by atoms with Crippen LogP contribution in [-0.4, -0.2) is 59.4 Å². The minimum atomic E-state index is 0.182. The zero-order chi connectivity index (χ0) is 20.5. The lowest BCUT2D eigenvalue weighted by atomic mass is 9.83. The van der Waals surface area contributed by atoms with Crippen molar-refractivity contribution in [3.63, 3.8) is 0 Å². The number of amides is 1. The average Bonchev–Trinajstić information content (AvgIpc) is 2.74. The largest absolute Gasteiger partial charge is 0.373 e. The number of hydrogen-bond acceptors (Lipinski definition) is 5. The van der Waals surface area contributed by atoms with Gasteiger partial charge in [-0.05, 0) is 59.4 Å². The standard InChI is InChI=1S/C23H35N5O/c1-15-5-6-18(13-16(15)2)23(29)28-11-7-17(8-12-28)21-25-20-14-27(4)10-9-19(20)22(24-3)26-21/h17-18H,5-14H2,1-4H3,(H,24,25,26)/t18-/m0/s1. The first kappa shape index (κ1) is 20.3. The molecule has 0 spiro atoms. The predicted octanol–water partition coefficient (Wildman–Crippen LogP) is 3.35. The number of nitrogens with zero attached hydrogens (tertiary/aromatic N) is 4. The Kier molecular flexibility index (Phi) is 5.91. The van der Waals surface area contributed by atoms with Crippen LogP contribution in [-0.2, 0) is 17.8 Å². The van der Waals surface area contributed by atoms with E-state index in [1.54, 1.807) is 0 Å². The van der Waals surface area contributed by atoms with Gasteiger partial charge in [-0.3, -0.25) is 4.79 Å². The quantitative estimate of drug-likeness (QED) is 0.793. The number of allylic oxidation sites excluding steroid dienone is 2. The van der Waals surface area contributed by atoms with Gasteiger partial charge in [-0.2, -0.15) is 0 Å². The van der Waals surface area contributed by atoms with Crippen LogP contribution in [0, 0.1) is 5.92 Å². The number of rotatable bonds is 3. The van der Waals surface area contributed by atoms with Crippen molar-refractivity contribution in [3.8, 4) is 0 Å². The van der Waals surface area contributed by atoms with Gasteiger partial charge in [0.2, 0.25) is 5.91 Å². The van der Waals surface area contributed by atoms with Gasteiger partial charge in [-0.25, -0.2) is 9.97 Å². The molecule has 0 bridgehead atoms. The molecule has 1 aromatic heterocycles. The highest BCUT2D eigenvalue weighted by atomic mass is 16.2. The number of carbonyl (C=O) groups is 1. The second kappa shape index (κ2) is 8.42. The monoisotopic (exact) mass is 397 g/mol. The molecule has 0 radical (unpaired) electrons. The Bertz CT molecular complexity index is 810. The lowest BCUT2D eigenvalue weighted by Crippen LogP contribution is -2.42. The van der Waals surface area contributed by atoms with Crippen LogP contribution < -0.4 is 5.32 Å². The molecule has 6 nitrogen and oxygen atoms in total. The molecule has 0 saturated carbocycles. The fraction of sp³-hybridized carbons (Fsp3) is 0.696. The Hall–Kier alpha value is -1.95. The number of aromatic nitrogens is 2. The third kappa shape index (κ3) is 4.18. The van der Waals surface area contributed by atoms with E-state index in [2.05, 4.69) is 36.0 Å². The van der Waals surface area contributed by atoms with Crippen molar-refractivity contribution in [2.24, 2.45) is 5.92 Å². The smallest absolute Gasteiger partial charge is 0.226 e. The summed E-state index contributed by atoms with van der Waals surface area (Å²) in [6.45, 7) is 8.00. The van der Waals surface area contributed by atoms with E-state index in [1.807, 2.05) is 7.05 Å². The Balaban J connectivity index is 1.42. The van der Waals surface area contributed by atoms with Gasteiger partial charge in [0.15, 0.2) is 0 Å². The highest BCUT2D eigenvalue weighted by molar-refractivity contribution is 5.79. The van der Waals surface area contributed by atoms with E-state index in [4.69, 9.17) is 9.97 Å². The number of carbonyl (C=O) groups excluding carboxylic acids is 1. The van der Waals surface area contributed by atoms with Crippen LogP contribution in [0.2, 0.25) is 0 Å². The summed E-state index contributed by atoms with van der Waals surface area (Å²) in [7, 11) is 4.10. The highest BCUT2D eigenvalue weighted by Crippen LogP contribution is 2.33. The van der Waals surface area contributed by atoms with Crippen molar-refractivity contribution in [1.29, 1.82) is 0 Å². The van der Waals surface area contributed by atoms with E-state index in [-0.39, 0.29) is 5.92 Å². The van der Waals surface area contributed by atoms with Gasteiger partial charge >= 0.3 is 0 Å². The van der Waals surface area contributed by atoms with Gasteiger partial charge in [0.05, 0.1) is 5.69 Å². The molecule has 158 valence electrons. The fourth-order valence-corrected chi connectivity index (χ4v) is 5.05. The summed E-state index contributed by atoms with van der Waals surface area (Å²) in [5.41, 5.74) is 5.34. The predicted molar refractivity (Wildman–Crippen MR) is 116 cm³/mol. The molecule has 6 heteroatoms. The van der Waals surface area contributed by atoms with E-state index in [0.717, 1.165) is 76.3 Å². The number of hydrogen-bond donors (Lipinski definition) is 1. The summed E-state index contributed by atoms with van der Waals surface area (Å²) in [5, 5.41) is 3.29. The number of anilines is 1. The summed E-state index contributed by atoms with van der Waals surface area (Å²) in [6, 6.07) is 0.